The molecule has 110 valence electrons. The number of ketones is 1. The smallest absolute Gasteiger partial charge is 0.147 e. The van der Waals surface area contributed by atoms with Gasteiger partial charge in [-0.25, -0.2) is 0 Å². The third-order valence-electron chi connectivity index (χ3n) is 3.26. The molecule has 2 rings (SSSR count). The SMILES string of the molecule is CC(C)c1ccc(CC(=O)CSc2ccc(Br)cc2)cc1. The van der Waals surface area contributed by atoms with Crippen LogP contribution in [0.1, 0.15) is 30.9 Å². The lowest BCUT2D eigenvalue weighted by molar-refractivity contribution is -0.116. The molecule has 0 N–H and O–H groups in total. The molecule has 0 heterocycles. The lowest BCUT2D eigenvalue weighted by Crippen LogP contribution is -2.05. The Morgan fingerprint density at radius 1 is 1.05 bits per heavy atom. The van der Waals surface area contributed by atoms with Gasteiger partial charge in [0.25, 0.3) is 0 Å². The molecule has 0 unspecified atom stereocenters. The van der Waals surface area contributed by atoms with Crippen molar-refractivity contribution in [2.45, 2.75) is 31.1 Å². The molecule has 0 aromatic heterocycles. The van der Waals surface area contributed by atoms with Crippen LogP contribution < -0.4 is 0 Å². The molecule has 21 heavy (non-hydrogen) atoms. The largest absolute Gasteiger partial charge is 0.298 e. The average molecular weight is 363 g/mol. The molecular formula is C18H19BrOS. The molecule has 0 atom stereocenters. The maximum atomic E-state index is 12.0. The summed E-state index contributed by atoms with van der Waals surface area (Å²) in [6, 6.07) is 16.4. The van der Waals surface area contributed by atoms with E-state index in [1.54, 1.807) is 11.8 Å². The Kier molecular flexibility index (Phi) is 6.07. The Morgan fingerprint density at radius 2 is 1.67 bits per heavy atom. The van der Waals surface area contributed by atoms with Gasteiger partial charge in [-0.3, -0.25) is 4.79 Å². The molecular weight excluding hydrogens is 344 g/mol. The minimum absolute atomic E-state index is 0.264. The van der Waals surface area contributed by atoms with Gasteiger partial charge < -0.3 is 0 Å². The van der Waals surface area contributed by atoms with Crippen molar-refractivity contribution >= 4 is 33.5 Å². The first-order valence-corrected chi connectivity index (χ1v) is 8.81. The van der Waals surface area contributed by atoms with Crippen LogP contribution in [-0.2, 0) is 11.2 Å². The van der Waals surface area contributed by atoms with Crippen LogP contribution in [0.3, 0.4) is 0 Å². The number of carbonyl (C=O) groups excluding carboxylic acids is 1. The summed E-state index contributed by atoms with van der Waals surface area (Å²) in [4.78, 5) is 13.2. The zero-order chi connectivity index (χ0) is 15.2. The maximum absolute atomic E-state index is 12.0. The topological polar surface area (TPSA) is 17.1 Å². The second kappa shape index (κ2) is 7.81. The van der Waals surface area contributed by atoms with Crippen LogP contribution in [0.25, 0.3) is 0 Å². The molecule has 0 aliphatic rings. The van der Waals surface area contributed by atoms with Crippen molar-refractivity contribution in [3.05, 3.63) is 64.1 Å². The minimum atomic E-state index is 0.264. The van der Waals surface area contributed by atoms with Crippen molar-refractivity contribution in [3.63, 3.8) is 0 Å². The molecule has 0 aliphatic carbocycles. The van der Waals surface area contributed by atoms with Crippen molar-refractivity contribution in [1.29, 1.82) is 0 Å². The van der Waals surface area contributed by atoms with Crippen LogP contribution in [0.2, 0.25) is 0 Å². The fourth-order valence-corrected chi connectivity index (χ4v) is 3.02. The van der Waals surface area contributed by atoms with E-state index in [1.165, 1.54) is 5.56 Å². The summed E-state index contributed by atoms with van der Waals surface area (Å²) < 4.78 is 1.06. The second-order valence-corrected chi connectivity index (χ2v) is 7.32. The Balaban J connectivity index is 1.85. The zero-order valence-corrected chi connectivity index (χ0v) is 14.7. The van der Waals surface area contributed by atoms with Gasteiger partial charge in [0.05, 0.1) is 5.75 Å². The normalized spacial score (nSPS) is 10.9. The highest BCUT2D eigenvalue weighted by Gasteiger charge is 2.06. The third kappa shape index (κ3) is 5.33. The van der Waals surface area contributed by atoms with E-state index in [0.717, 1.165) is 14.9 Å². The number of carbonyl (C=O) groups is 1. The molecule has 2 aromatic carbocycles. The van der Waals surface area contributed by atoms with Crippen LogP contribution >= 0.6 is 27.7 Å². The van der Waals surface area contributed by atoms with Crippen LogP contribution in [-0.4, -0.2) is 11.5 Å². The van der Waals surface area contributed by atoms with E-state index >= 15 is 0 Å². The first kappa shape index (κ1) is 16.3. The molecule has 0 spiro atoms. The number of Topliss-reactive ketones (excluding diaryl/α,β-unsaturated/α-hetero) is 1. The van der Waals surface area contributed by atoms with Crippen LogP contribution in [0.4, 0.5) is 0 Å². The Bertz CT molecular complexity index is 588. The number of thioether (sulfide) groups is 1. The quantitative estimate of drug-likeness (QED) is 0.633. The number of halogens is 1. The minimum Gasteiger partial charge on any atom is -0.298 e. The van der Waals surface area contributed by atoms with E-state index in [2.05, 4.69) is 54.0 Å². The van der Waals surface area contributed by atoms with Crippen molar-refractivity contribution < 1.29 is 4.79 Å². The van der Waals surface area contributed by atoms with E-state index in [1.807, 2.05) is 24.3 Å². The third-order valence-corrected chi connectivity index (χ3v) is 4.86. The van der Waals surface area contributed by atoms with E-state index in [9.17, 15) is 4.79 Å². The van der Waals surface area contributed by atoms with Crippen LogP contribution in [0.5, 0.6) is 0 Å². The van der Waals surface area contributed by atoms with E-state index in [0.29, 0.717) is 18.1 Å². The molecule has 0 bridgehead atoms. The molecule has 1 nitrogen and oxygen atoms in total. The highest BCUT2D eigenvalue weighted by atomic mass is 79.9. The first-order chi connectivity index (χ1) is 10.0. The Labute approximate surface area is 139 Å². The maximum Gasteiger partial charge on any atom is 0.147 e. The van der Waals surface area contributed by atoms with Gasteiger partial charge in [0, 0.05) is 15.8 Å². The standard InChI is InChI=1S/C18H19BrOS/c1-13(2)15-5-3-14(4-6-15)11-17(20)12-21-18-9-7-16(19)8-10-18/h3-10,13H,11-12H2,1-2H3. The van der Waals surface area contributed by atoms with Gasteiger partial charge in [-0.15, -0.1) is 11.8 Å². The molecule has 2 aromatic rings. The summed E-state index contributed by atoms with van der Waals surface area (Å²) in [5.41, 5.74) is 2.41. The summed E-state index contributed by atoms with van der Waals surface area (Å²) in [5, 5.41) is 0. The van der Waals surface area contributed by atoms with Crippen molar-refractivity contribution in [2.75, 3.05) is 5.75 Å². The van der Waals surface area contributed by atoms with E-state index < -0.39 is 0 Å². The highest BCUT2D eigenvalue weighted by molar-refractivity contribution is 9.10. The number of hydrogen-bond donors (Lipinski definition) is 0. The van der Waals surface area contributed by atoms with Gasteiger partial charge in [-0.05, 0) is 41.3 Å². The fraction of sp³-hybridized carbons (Fsp3) is 0.278. The van der Waals surface area contributed by atoms with Gasteiger partial charge >= 0.3 is 0 Å². The predicted molar refractivity (Wildman–Crippen MR) is 94.1 cm³/mol. The molecule has 0 saturated heterocycles. The lowest BCUT2D eigenvalue weighted by Gasteiger charge is -2.06. The molecule has 0 amide bonds. The molecule has 3 heteroatoms. The summed E-state index contributed by atoms with van der Waals surface area (Å²) >= 11 is 5.00. The summed E-state index contributed by atoms with van der Waals surface area (Å²) in [6.45, 7) is 4.35. The van der Waals surface area contributed by atoms with E-state index in [4.69, 9.17) is 0 Å². The van der Waals surface area contributed by atoms with Gasteiger partial charge in [-0.2, -0.15) is 0 Å². The van der Waals surface area contributed by atoms with Gasteiger partial charge in [0.1, 0.15) is 5.78 Å². The highest BCUT2D eigenvalue weighted by Crippen LogP contribution is 2.21. The lowest BCUT2D eigenvalue weighted by atomic mass is 10.0. The van der Waals surface area contributed by atoms with Crippen molar-refractivity contribution in [2.24, 2.45) is 0 Å². The molecule has 0 fully saturated rings. The Hall–Kier alpha value is -1.06. The molecule has 0 radical (unpaired) electrons. The number of rotatable bonds is 6. The second-order valence-electron chi connectivity index (χ2n) is 5.35. The van der Waals surface area contributed by atoms with E-state index in [-0.39, 0.29) is 5.78 Å². The predicted octanol–water partition coefficient (Wildman–Crippen LogP) is 5.48. The Morgan fingerprint density at radius 3 is 2.24 bits per heavy atom. The fourth-order valence-electron chi connectivity index (χ4n) is 1.99. The average Bonchev–Trinajstić information content (AvgIpc) is 2.47. The molecule has 0 saturated carbocycles. The van der Waals surface area contributed by atoms with Crippen LogP contribution in [0, 0.1) is 0 Å². The van der Waals surface area contributed by atoms with Crippen molar-refractivity contribution in [3.8, 4) is 0 Å². The summed E-state index contributed by atoms with van der Waals surface area (Å²) in [7, 11) is 0. The summed E-state index contributed by atoms with van der Waals surface area (Å²) in [5.74, 6) is 1.32. The number of hydrogen-bond acceptors (Lipinski definition) is 2. The van der Waals surface area contributed by atoms with Gasteiger partial charge in [0.15, 0.2) is 0 Å². The van der Waals surface area contributed by atoms with Gasteiger partial charge in [0.2, 0.25) is 0 Å². The molecule has 0 aliphatic heterocycles. The first-order valence-electron chi connectivity index (χ1n) is 7.03. The van der Waals surface area contributed by atoms with Crippen LogP contribution in [0.15, 0.2) is 57.9 Å². The number of benzene rings is 2. The zero-order valence-electron chi connectivity index (χ0n) is 12.3. The van der Waals surface area contributed by atoms with Gasteiger partial charge in [-0.1, -0.05) is 54.0 Å². The monoisotopic (exact) mass is 362 g/mol. The van der Waals surface area contributed by atoms with Crippen molar-refractivity contribution in [1.82, 2.24) is 0 Å². The summed E-state index contributed by atoms with van der Waals surface area (Å²) in [6.07, 6.45) is 0.516.